The molecule has 2 aromatic rings. The number of carbonyl (C=O) groups is 3. The molecule has 0 atom stereocenters. The predicted octanol–water partition coefficient (Wildman–Crippen LogP) is 2.74. The molecular formula is C18H11ClN2O5. The van der Waals surface area contributed by atoms with E-state index in [4.69, 9.17) is 21.1 Å². The Bertz CT molecular complexity index is 968. The van der Waals surface area contributed by atoms with Crippen LogP contribution >= 0.6 is 11.6 Å². The molecule has 0 bridgehead atoms. The minimum atomic E-state index is -0.815. The SMILES string of the molecule is O=C1NC(=O)N(c2ccc(Cl)cc2)C(=O)C1=Cc1ccc2c(c1)OCO2. The third-order valence-electron chi connectivity index (χ3n) is 3.89. The van der Waals surface area contributed by atoms with Crippen LogP contribution in [0.4, 0.5) is 10.5 Å². The van der Waals surface area contributed by atoms with E-state index in [-0.39, 0.29) is 12.4 Å². The number of hydrogen-bond donors (Lipinski definition) is 1. The van der Waals surface area contributed by atoms with Crippen molar-refractivity contribution in [1.82, 2.24) is 5.32 Å². The van der Waals surface area contributed by atoms with Gasteiger partial charge in [0.2, 0.25) is 6.79 Å². The van der Waals surface area contributed by atoms with Crippen molar-refractivity contribution in [2.45, 2.75) is 0 Å². The lowest BCUT2D eigenvalue weighted by molar-refractivity contribution is -0.122. The van der Waals surface area contributed by atoms with Gasteiger partial charge in [-0.25, -0.2) is 9.69 Å². The molecule has 0 unspecified atom stereocenters. The van der Waals surface area contributed by atoms with Crippen LogP contribution in [0.25, 0.3) is 6.08 Å². The quantitative estimate of drug-likeness (QED) is 0.649. The number of fused-ring (bicyclic) bond motifs is 1. The lowest BCUT2D eigenvalue weighted by atomic mass is 10.1. The van der Waals surface area contributed by atoms with Gasteiger partial charge in [0.1, 0.15) is 5.57 Å². The van der Waals surface area contributed by atoms with Crippen molar-refractivity contribution in [2.24, 2.45) is 0 Å². The fourth-order valence-electron chi connectivity index (χ4n) is 2.65. The van der Waals surface area contributed by atoms with Gasteiger partial charge in [0.25, 0.3) is 11.8 Å². The minimum absolute atomic E-state index is 0.119. The summed E-state index contributed by atoms with van der Waals surface area (Å²) in [5.74, 6) is -0.375. The van der Waals surface area contributed by atoms with Crippen molar-refractivity contribution in [3.63, 3.8) is 0 Å². The molecule has 7 nitrogen and oxygen atoms in total. The van der Waals surface area contributed by atoms with E-state index in [1.807, 2.05) is 0 Å². The average Bonchev–Trinajstić information content (AvgIpc) is 3.08. The summed E-state index contributed by atoms with van der Waals surface area (Å²) < 4.78 is 10.5. The van der Waals surface area contributed by atoms with Gasteiger partial charge in [0.15, 0.2) is 11.5 Å². The Morgan fingerprint density at radius 3 is 2.50 bits per heavy atom. The van der Waals surface area contributed by atoms with E-state index in [0.29, 0.717) is 27.8 Å². The highest BCUT2D eigenvalue weighted by atomic mass is 35.5. The molecule has 2 aromatic carbocycles. The molecule has 0 radical (unpaired) electrons. The lowest BCUT2D eigenvalue weighted by Gasteiger charge is -2.26. The molecular weight excluding hydrogens is 360 g/mol. The number of nitrogens with zero attached hydrogens (tertiary/aromatic N) is 1. The molecule has 130 valence electrons. The molecule has 0 saturated carbocycles. The second-order valence-corrected chi connectivity index (χ2v) is 5.98. The molecule has 8 heteroatoms. The zero-order valence-electron chi connectivity index (χ0n) is 13.2. The van der Waals surface area contributed by atoms with Crippen LogP contribution in [0.2, 0.25) is 5.02 Å². The first-order valence-corrected chi connectivity index (χ1v) is 7.97. The van der Waals surface area contributed by atoms with Crippen LogP contribution in [0.1, 0.15) is 5.56 Å². The van der Waals surface area contributed by atoms with E-state index >= 15 is 0 Å². The molecule has 0 aliphatic carbocycles. The highest BCUT2D eigenvalue weighted by Gasteiger charge is 2.36. The molecule has 4 rings (SSSR count). The molecule has 4 amide bonds. The third-order valence-corrected chi connectivity index (χ3v) is 4.15. The van der Waals surface area contributed by atoms with Crippen LogP contribution in [0, 0.1) is 0 Å². The van der Waals surface area contributed by atoms with Crippen molar-refractivity contribution < 1.29 is 23.9 Å². The molecule has 2 aliphatic rings. The van der Waals surface area contributed by atoms with E-state index < -0.39 is 17.8 Å². The van der Waals surface area contributed by atoms with Crippen molar-refractivity contribution >= 4 is 41.2 Å². The Morgan fingerprint density at radius 1 is 1.00 bits per heavy atom. The molecule has 1 fully saturated rings. The number of carbonyl (C=O) groups excluding carboxylic acids is 3. The molecule has 0 spiro atoms. The zero-order valence-corrected chi connectivity index (χ0v) is 13.9. The van der Waals surface area contributed by atoms with Crippen molar-refractivity contribution in [3.8, 4) is 11.5 Å². The van der Waals surface area contributed by atoms with E-state index in [1.165, 1.54) is 18.2 Å². The highest BCUT2D eigenvalue weighted by molar-refractivity contribution is 6.39. The van der Waals surface area contributed by atoms with Crippen LogP contribution < -0.4 is 19.7 Å². The van der Waals surface area contributed by atoms with E-state index in [0.717, 1.165) is 4.90 Å². The first kappa shape index (κ1) is 16.2. The second kappa shape index (κ2) is 6.20. The summed E-state index contributed by atoms with van der Waals surface area (Å²) in [5, 5.41) is 2.63. The normalized spacial score (nSPS) is 17.7. The van der Waals surface area contributed by atoms with Crippen LogP contribution in [0.5, 0.6) is 11.5 Å². The first-order valence-electron chi connectivity index (χ1n) is 7.59. The number of anilines is 1. The van der Waals surface area contributed by atoms with E-state index in [9.17, 15) is 14.4 Å². The minimum Gasteiger partial charge on any atom is -0.454 e. The summed E-state index contributed by atoms with van der Waals surface area (Å²) >= 11 is 5.84. The lowest BCUT2D eigenvalue weighted by Crippen LogP contribution is -2.54. The van der Waals surface area contributed by atoms with Gasteiger partial charge in [0.05, 0.1) is 5.69 Å². The van der Waals surface area contributed by atoms with Crippen molar-refractivity contribution in [3.05, 3.63) is 58.6 Å². The molecule has 2 aliphatic heterocycles. The first-order chi connectivity index (χ1) is 12.5. The fourth-order valence-corrected chi connectivity index (χ4v) is 2.78. The number of nitrogens with one attached hydrogen (secondary N) is 1. The molecule has 0 aromatic heterocycles. The van der Waals surface area contributed by atoms with Gasteiger partial charge in [-0.05, 0) is 48.0 Å². The highest BCUT2D eigenvalue weighted by Crippen LogP contribution is 2.33. The largest absolute Gasteiger partial charge is 0.454 e. The van der Waals surface area contributed by atoms with Gasteiger partial charge in [-0.3, -0.25) is 14.9 Å². The Kier molecular flexibility index (Phi) is 3.85. The number of amides is 4. The summed E-state index contributed by atoms with van der Waals surface area (Å²) in [6.07, 6.45) is 1.40. The second-order valence-electron chi connectivity index (χ2n) is 5.55. The molecule has 26 heavy (non-hydrogen) atoms. The monoisotopic (exact) mass is 370 g/mol. The number of rotatable bonds is 2. The topological polar surface area (TPSA) is 84.9 Å². The van der Waals surface area contributed by atoms with Gasteiger partial charge >= 0.3 is 6.03 Å². The predicted molar refractivity (Wildman–Crippen MR) is 93.0 cm³/mol. The number of ether oxygens (including phenoxy) is 2. The van der Waals surface area contributed by atoms with Gasteiger partial charge in [-0.2, -0.15) is 0 Å². The van der Waals surface area contributed by atoms with Gasteiger partial charge in [-0.15, -0.1) is 0 Å². The van der Waals surface area contributed by atoms with Crippen molar-refractivity contribution in [2.75, 3.05) is 11.7 Å². The van der Waals surface area contributed by atoms with Crippen LogP contribution in [0.3, 0.4) is 0 Å². The average molecular weight is 371 g/mol. The smallest absolute Gasteiger partial charge is 0.335 e. The van der Waals surface area contributed by atoms with Gasteiger partial charge < -0.3 is 9.47 Å². The number of urea groups is 1. The standard InChI is InChI=1S/C18H11ClN2O5/c19-11-2-4-12(5-3-11)21-17(23)13(16(22)20-18(21)24)7-10-1-6-14-15(8-10)26-9-25-14/h1-8H,9H2,(H,20,22,24). The maximum absolute atomic E-state index is 12.8. The number of imide groups is 2. The summed E-state index contributed by atoms with van der Waals surface area (Å²) in [5.41, 5.74) is 0.706. The Labute approximate surface area is 152 Å². The number of hydrogen-bond acceptors (Lipinski definition) is 5. The number of halogens is 1. The van der Waals surface area contributed by atoms with Gasteiger partial charge in [0, 0.05) is 5.02 Å². The number of benzene rings is 2. The van der Waals surface area contributed by atoms with Crippen molar-refractivity contribution in [1.29, 1.82) is 0 Å². The summed E-state index contributed by atoms with van der Waals surface area (Å²) in [4.78, 5) is 37.9. The number of barbiturate groups is 1. The maximum atomic E-state index is 12.8. The maximum Gasteiger partial charge on any atom is 0.335 e. The molecule has 1 saturated heterocycles. The molecule has 1 N–H and O–H groups in total. The van der Waals surface area contributed by atoms with Crippen LogP contribution in [-0.4, -0.2) is 24.6 Å². The third kappa shape index (κ3) is 2.78. The Hall–Kier alpha value is -3.32. The van der Waals surface area contributed by atoms with Crippen LogP contribution in [0.15, 0.2) is 48.0 Å². The fraction of sp³-hybridized carbons (Fsp3) is 0.0556. The Balaban J connectivity index is 1.71. The summed E-state index contributed by atoms with van der Waals surface area (Å²) in [7, 11) is 0. The summed E-state index contributed by atoms with van der Waals surface area (Å²) in [6.45, 7) is 0.119. The zero-order chi connectivity index (χ0) is 18.3. The van der Waals surface area contributed by atoms with Crippen LogP contribution in [-0.2, 0) is 9.59 Å². The van der Waals surface area contributed by atoms with Gasteiger partial charge in [-0.1, -0.05) is 17.7 Å². The van der Waals surface area contributed by atoms with E-state index in [2.05, 4.69) is 5.32 Å². The molecule has 2 heterocycles. The summed E-state index contributed by atoms with van der Waals surface area (Å²) in [6, 6.07) is 10.3. The van der Waals surface area contributed by atoms with E-state index in [1.54, 1.807) is 30.3 Å². The Morgan fingerprint density at radius 2 is 1.73 bits per heavy atom.